The van der Waals surface area contributed by atoms with Crippen LogP contribution in [-0.4, -0.2) is 0 Å². The number of hydrogen-bond acceptors (Lipinski definition) is 0. The molecule has 12 heavy (non-hydrogen) atoms. The van der Waals surface area contributed by atoms with Crippen LogP contribution in [0.15, 0.2) is 0 Å². The Kier molecular flexibility index (Phi) is 4.11. The van der Waals surface area contributed by atoms with Gasteiger partial charge in [0.05, 0.1) is 0 Å². The summed E-state index contributed by atoms with van der Waals surface area (Å²) in [4.78, 5) is 0. The molecule has 1 aliphatic carbocycles. The molecule has 71 valence electrons. The zero-order valence-electron chi connectivity index (χ0n) is 8.90. The van der Waals surface area contributed by atoms with Crippen LogP contribution in [0, 0.1) is 17.8 Å². The standard InChI is InChI=1S/C12H23/c1-4-11(5-2)12-8-6-10(3)7-9-12/h10,12H,4-9H2,1-3H3. The zero-order chi connectivity index (χ0) is 8.97. The highest BCUT2D eigenvalue weighted by Gasteiger charge is 2.23. The molecular formula is C12H23. The minimum absolute atomic E-state index is 0.983. The molecule has 0 saturated heterocycles. The molecule has 0 N–H and O–H groups in total. The summed E-state index contributed by atoms with van der Waals surface area (Å²) in [6, 6.07) is 0. The van der Waals surface area contributed by atoms with E-state index in [4.69, 9.17) is 0 Å². The first-order valence-electron chi connectivity index (χ1n) is 5.62. The van der Waals surface area contributed by atoms with Gasteiger partial charge in [0.25, 0.3) is 0 Å². The number of hydrogen-bond donors (Lipinski definition) is 0. The van der Waals surface area contributed by atoms with Gasteiger partial charge in [-0.3, -0.25) is 0 Å². The smallest absolute Gasteiger partial charge is 0.0215 e. The van der Waals surface area contributed by atoms with Crippen molar-refractivity contribution in [2.24, 2.45) is 11.8 Å². The lowest BCUT2D eigenvalue weighted by molar-refractivity contribution is 0.288. The third-order valence-electron chi connectivity index (χ3n) is 3.50. The van der Waals surface area contributed by atoms with Crippen LogP contribution in [0.1, 0.15) is 59.3 Å². The van der Waals surface area contributed by atoms with E-state index in [1.165, 1.54) is 38.5 Å². The molecule has 1 saturated carbocycles. The van der Waals surface area contributed by atoms with E-state index in [1.54, 1.807) is 0 Å². The Bertz CT molecular complexity index is 105. The van der Waals surface area contributed by atoms with Crippen molar-refractivity contribution in [3.63, 3.8) is 0 Å². The van der Waals surface area contributed by atoms with Crippen LogP contribution in [0.5, 0.6) is 0 Å². The predicted octanol–water partition coefficient (Wildman–Crippen LogP) is 4.21. The SMILES string of the molecule is CC[C](CC)C1CCC(C)CC1. The van der Waals surface area contributed by atoms with E-state index in [0.717, 1.165) is 11.8 Å². The van der Waals surface area contributed by atoms with Gasteiger partial charge < -0.3 is 0 Å². The van der Waals surface area contributed by atoms with Crippen LogP contribution in [0.4, 0.5) is 0 Å². The van der Waals surface area contributed by atoms with Gasteiger partial charge in [0.15, 0.2) is 0 Å². The van der Waals surface area contributed by atoms with Gasteiger partial charge in [0.2, 0.25) is 0 Å². The van der Waals surface area contributed by atoms with E-state index in [9.17, 15) is 0 Å². The van der Waals surface area contributed by atoms with Crippen molar-refractivity contribution in [3.05, 3.63) is 5.92 Å². The maximum absolute atomic E-state index is 2.40. The van der Waals surface area contributed by atoms with Gasteiger partial charge in [-0.2, -0.15) is 0 Å². The highest BCUT2D eigenvalue weighted by atomic mass is 14.3. The molecular weight excluding hydrogens is 144 g/mol. The van der Waals surface area contributed by atoms with Gasteiger partial charge in [-0.05, 0) is 43.4 Å². The van der Waals surface area contributed by atoms with Gasteiger partial charge in [-0.15, -0.1) is 0 Å². The summed E-state index contributed by atoms with van der Waals surface area (Å²) in [6.07, 6.45) is 8.50. The van der Waals surface area contributed by atoms with Crippen molar-refractivity contribution in [1.82, 2.24) is 0 Å². The molecule has 1 radical (unpaired) electrons. The summed E-state index contributed by atoms with van der Waals surface area (Å²) in [5.74, 6) is 3.80. The molecule has 0 aromatic rings. The highest BCUT2D eigenvalue weighted by Crippen LogP contribution is 2.36. The molecule has 0 heteroatoms. The molecule has 0 nitrogen and oxygen atoms in total. The van der Waals surface area contributed by atoms with Gasteiger partial charge in [0, 0.05) is 0 Å². The third-order valence-corrected chi connectivity index (χ3v) is 3.50. The van der Waals surface area contributed by atoms with Crippen molar-refractivity contribution in [2.45, 2.75) is 59.3 Å². The lowest BCUT2D eigenvalue weighted by atomic mass is 9.74. The molecule has 0 aliphatic heterocycles. The molecule has 1 rings (SSSR count). The fourth-order valence-electron chi connectivity index (χ4n) is 2.50. The Morgan fingerprint density at radius 3 is 1.92 bits per heavy atom. The first-order valence-corrected chi connectivity index (χ1v) is 5.62. The second kappa shape index (κ2) is 4.89. The summed E-state index contributed by atoms with van der Waals surface area (Å²) >= 11 is 0. The Hall–Kier alpha value is 0. The molecule has 0 spiro atoms. The normalized spacial score (nSPS) is 31.0. The fraction of sp³-hybridized carbons (Fsp3) is 0.917. The van der Waals surface area contributed by atoms with Crippen LogP contribution < -0.4 is 0 Å². The maximum Gasteiger partial charge on any atom is -0.0215 e. The quantitative estimate of drug-likeness (QED) is 0.590. The van der Waals surface area contributed by atoms with Crippen LogP contribution in [0.25, 0.3) is 0 Å². The Labute approximate surface area is 77.7 Å². The average molecular weight is 167 g/mol. The highest BCUT2D eigenvalue weighted by molar-refractivity contribution is 4.95. The van der Waals surface area contributed by atoms with Gasteiger partial charge in [-0.1, -0.05) is 33.6 Å². The van der Waals surface area contributed by atoms with Gasteiger partial charge in [0.1, 0.15) is 0 Å². The molecule has 0 aromatic heterocycles. The van der Waals surface area contributed by atoms with Gasteiger partial charge >= 0.3 is 0 Å². The minimum atomic E-state index is 0.983. The molecule has 0 heterocycles. The Morgan fingerprint density at radius 1 is 1.00 bits per heavy atom. The monoisotopic (exact) mass is 167 g/mol. The van der Waals surface area contributed by atoms with E-state index < -0.39 is 0 Å². The Morgan fingerprint density at radius 2 is 1.50 bits per heavy atom. The van der Waals surface area contributed by atoms with E-state index in [1.807, 2.05) is 5.92 Å². The number of rotatable bonds is 3. The lowest BCUT2D eigenvalue weighted by Crippen LogP contribution is -2.18. The van der Waals surface area contributed by atoms with Crippen molar-refractivity contribution >= 4 is 0 Å². The fourth-order valence-corrected chi connectivity index (χ4v) is 2.50. The molecule has 1 fully saturated rings. The van der Waals surface area contributed by atoms with E-state index in [2.05, 4.69) is 20.8 Å². The van der Waals surface area contributed by atoms with Crippen molar-refractivity contribution in [3.8, 4) is 0 Å². The van der Waals surface area contributed by atoms with E-state index >= 15 is 0 Å². The van der Waals surface area contributed by atoms with Gasteiger partial charge in [-0.25, -0.2) is 0 Å². The first-order chi connectivity index (χ1) is 5.77. The first kappa shape index (κ1) is 10.1. The second-order valence-corrected chi connectivity index (χ2v) is 4.32. The molecule has 0 atom stereocenters. The van der Waals surface area contributed by atoms with Crippen LogP contribution >= 0.6 is 0 Å². The largest absolute Gasteiger partial charge is 0.0648 e. The summed E-state index contributed by atoms with van der Waals surface area (Å²) < 4.78 is 0. The average Bonchev–Trinajstić information content (AvgIpc) is 2.10. The van der Waals surface area contributed by atoms with Crippen molar-refractivity contribution in [2.75, 3.05) is 0 Å². The Balaban J connectivity index is 2.32. The van der Waals surface area contributed by atoms with Crippen LogP contribution in [-0.2, 0) is 0 Å². The molecule has 0 amide bonds. The summed E-state index contributed by atoms with van der Waals surface area (Å²) in [7, 11) is 0. The summed E-state index contributed by atoms with van der Waals surface area (Å²) in [6.45, 7) is 7.03. The molecule has 1 aliphatic rings. The topological polar surface area (TPSA) is 0 Å². The van der Waals surface area contributed by atoms with Crippen LogP contribution in [0.2, 0.25) is 0 Å². The molecule has 0 aromatic carbocycles. The summed E-state index contributed by atoms with van der Waals surface area (Å²) in [5.41, 5.74) is 0. The van der Waals surface area contributed by atoms with Crippen LogP contribution in [0.3, 0.4) is 0 Å². The molecule has 0 unspecified atom stereocenters. The molecule has 0 bridgehead atoms. The van der Waals surface area contributed by atoms with E-state index in [-0.39, 0.29) is 0 Å². The zero-order valence-corrected chi connectivity index (χ0v) is 8.90. The minimum Gasteiger partial charge on any atom is -0.0648 e. The third kappa shape index (κ3) is 2.50. The summed E-state index contributed by atoms with van der Waals surface area (Å²) in [5, 5.41) is 0. The predicted molar refractivity (Wildman–Crippen MR) is 54.9 cm³/mol. The second-order valence-electron chi connectivity index (χ2n) is 4.32. The lowest BCUT2D eigenvalue weighted by Gasteiger charge is -2.31. The van der Waals surface area contributed by atoms with Crippen molar-refractivity contribution < 1.29 is 0 Å². The maximum atomic E-state index is 2.40. The van der Waals surface area contributed by atoms with Crippen molar-refractivity contribution in [1.29, 1.82) is 0 Å². The van der Waals surface area contributed by atoms with E-state index in [0.29, 0.717) is 0 Å².